The van der Waals surface area contributed by atoms with E-state index in [-0.39, 0.29) is 5.91 Å². The first-order chi connectivity index (χ1) is 16.2. The molecule has 0 unspecified atom stereocenters. The number of nitrogens with zero attached hydrogens (tertiary/aromatic N) is 7. The number of carbonyl (C=O) groups excluding carboxylic acids is 1. The first-order valence-corrected chi connectivity index (χ1v) is 13.3. The summed E-state index contributed by atoms with van der Waals surface area (Å²) in [5, 5.41) is 18.0. The molecule has 9 heteroatoms. The third kappa shape index (κ3) is 4.93. The highest BCUT2D eigenvalue weighted by Crippen LogP contribution is 2.31. The SMILES string of the molecule is Cn1c(Cn2nnc3ccccc32)nnc1SCC(=O)N(C1CCCCC1)C1CCCCC1. The van der Waals surface area contributed by atoms with Crippen molar-refractivity contribution in [1.82, 2.24) is 34.7 Å². The Balaban J connectivity index is 1.26. The number of hydrogen-bond acceptors (Lipinski definition) is 6. The second-order valence-corrected chi connectivity index (χ2v) is 10.3. The molecule has 0 spiro atoms. The van der Waals surface area contributed by atoms with Gasteiger partial charge in [-0.2, -0.15) is 0 Å². The summed E-state index contributed by atoms with van der Waals surface area (Å²) in [5.41, 5.74) is 1.84. The van der Waals surface area contributed by atoms with Crippen LogP contribution in [0.3, 0.4) is 0 Å². The lowest BCUT2D eigenvalue weighted by Crippen LogP contribution is -2.49. The Morgan fingerprint density at radius 2 is 1.64 bits per heavy atom. The van der Waals surface area contributed by atoms with Crippen molar-refractivity contribution in [3.05, 3.63) is 30.1 Å². The Bertz CT molecular complexity index is 1060. The third-order valence-corrected chi connectivity index (χ3v) is 8.19. The molecule has 176 valence electrons. The van der Waals surface area contributed by atoms with E-state index in [0.29, 0.717) is 24.4 Å². The molecule has 2 aromatic heterocycles. The van der Waals surface area contributed by atoms with Gasteiger partial charge in [0.05, 0.1) is 11.3 Å². The van der Waals surface area contributed by atoms with Gasteiger partial charge in [0.25, 0.3) is 0 Å². The summed E-state index contributed by atoms with van der Waals surface area (Å²) in [7, 11) is 1.96. The molecule has 0 atom stereocenters. The minimum absolute atomic E-state index is 0.269. The molecule has 0 radical (unpaired) electrons. The summed E-state index contributed by atoms with van der Waals surface area (Å²) < 4.78 is 3.81. The predicted octanol–water partition coefficient (Wildman–Crippen LogP) is 4.19. The zero-order valence-corrected chi connectivity index (χ0v) is 20.2. The van der Waals surface area contributed by atoms with Crippen molar-refractivity contribution in [3.8, 4) is 0 Å². The van der Waals surface area contributed by atoms with Crippen molar-refractivity contribution >= 4 is 28.7 Å². The van der Waals surface area contributed by atoms with Crippen LogP contribution in [0.15, 0.2) is 29.4 Å². The molecular weight excluding hydrogens is 434 g/mol. The van der Waals surface area contributed by atoms with Crippen LogP contribution in [-0.4, -0.2) is 58.4 Å². The number of thioether (sulfide) groups is 1. The summed E-state index contributed by atoms with van der Waals surface area (Å²) in [6, 6.07) is 8.74. The fourth-order valence-electron chi connectivity index (χ4n) is 5.40. The molecule has 5 rings (SSSR count). The molecule has 2 saturated carbocycles. The Morgan fingerprint density at radius 3 is 2.33 bits per heavy atom. The summed E-state index contributed by atoms with van der Waals surface area (Å²) in [5.74, 6) is 1.49. The number of benzene rings is 1. The lowest BCUT2D eigenvalue weighted by Gasteiger charge is -2.41. The van der Waals surface area contributed by atoms with E-state index in [1.54, 1.807) is 0 Å². The highest BCUT2D eigenvalue weighted by Gasteiger charge is 2.32. The Hall–Kier alpha value is -2.42. The maximum atomic E-state index is 13.5. The van der Waals surface area contributed by atoms with Gasteiger partial charge in [0.15, 0.2) is 11.0 Å². The van der Waals surface area contributed by atoms with Gasteiger partial charge in [0.1, 0.15) is 12.1 Å². The summed E-state index contributed by atoms with van der Waals surface area (Å²) in [4.78, 5) is 15.7. The number of fused-ring (bicyclic) bond motifs is 1. The van der Waals surface area contributed by atoms with Gasteiger partial charge < -0.3 is 9.47 Å². The molecule has 2 heterocycles. The maximum absolute atomic E-state index is 13.5. The molecule has 1 amide bonds. The van der Waals surface area contributed by atoms with E-state index in [1.165, 1.54) is 50.3 Å². The van der Waals surface area contributed by atoms with E-state index in [4.69, 9.17) is 0 Å². The van der Waals surface area contributed by atoms with E-state index in [0.717, 1.165) is 47.7 Å². The average Bonchev–Trinajstić information content (AvgIpc) is 3.43. The Labute approximate surface area is 199 Å². The number of amides is 1. The van der Waals surface area contributed by atoms with Crippen LogP contribution in [0.2, 0.25) is 0 Å². The van der Waals surface area contributed by atoms with Crippen LogP contribution in [0.5, 0.6) is 0 Å². The van der Waals surface area contributed by atoms with Crippen molar-refractivity contribution in [2.45, 2.75) is 88.0 Å². The van der Waals surface area contributed by atoms with Gasteiger partial charge in [-0.15, -0.1) is 15.3 Å². The fraction of sp³-hybridized carbons (Fsp3) is 0.625. The van der Waals surface area contributed by atoms with E-state index >= 15 is 0 Å². The number of carbonyl (C=O) groups is 1. The fourth-order valence-corrected chi connectivity index (χ4v) is 6.20. The van der Waals surface area contributed by atoms with Crippen molar-refractivity contribution in [2.24, 2.45) is 7.05 Å². The second-order valence-electron chi connectivity index (χ2n) is 9.37. The molecule has 8 nitrogen and oxygen atoms in total. The van der Waals surface area contributed by atoms with Crippen molar-refractivity contribution in [2.75, 3.05) is 5.75 Å². The summed E-state index contributed by atoms with van der Waals surface area (Å²) >= 11 is 1.50. The number of para-hydroxylation sites is 1. The molecule has 2 aliphatic carbocycles. The minimum atomic E-state index is 0.269. The van der Waals surface area contributed by atoms with Crippen LogP contribution >= 0.6 is 11.8 Å². The lowest BCUT2D eigenvalue weighted by molar-refractivity contribution is -0.135. The van der Waals surface area contributed by atoms with Crippen LogP contribution in [0.1, 0.15) is 70.0 Å². The topological polar surface area (TPSA) is 81.7 Å². The second kappa shape index (κ2) is 10.2. The summed E-state index contributed by atoms with van der Waals surface area (Å²) in [6.45, 7) is 0.495. The van der Waals surface area contributed by atoms with E-state index in [2.05, 4.69) is 25.4 Å². The molecule has 0 saturated heterocycles. The van der Waals surface area contributed by atoms with Gasteiger partial charge in [-0.3, -0.25) is 4.79 Å². The quantitative estimate of drug-likeness (QED) is 0.485. The van der Waals surface area contributed by atoms with Crippen LogP contribution in [0.25, 0.3) is 11.0 Å². The van der Waals surface area contributed by atoms with Gasteiger partial charge >= 0.3 is 0 Å². The zero-order valence-electron chi connectivity index (χ0n) is 19.4. The largest absolute Gasteiger partial charge is 0.336 e. The minimum Gasteiger partial charge on any atom is -0.336 e. The monoisotopic (exact) mass is 467 g/mol. The highest BCUT2D eigenvalue weighted by atomic mass is 32.2. The summed E-state index contributed by atoms with van der Waals surface area (Å²) in [6.07, 6.45) is 12.2. The van der Waals surface area contributed by atoms with Crippen molar-refractivity contribution in [1.29, 1.82) is 0 Å². The van der Waals surface area contributed by atoms with Gasteiger partial charge in [-0.05, 0) is 37.8 Å². The molecule has 0 aliphatic heterocycles. The zero-order chi connectivity index (χ0) is 22.6. The van der Waals surface area contributed by atoms with Crippen LogP contribution in [-0.2, 0) is 18.4 Å². The van der Waals surface area contributed by atoms with Gasteiger partial charge in [-0.25, -0.2) is 4.68 Å². The van der Waals surface area contributed by atoms with E-state index in [1.807, 2.05) is 40.6 Å². The van der Waals surface area contributed by atoms with Gasteiger partial charge in [0.2, 0.25) is 5.91 Å². The van der Waals surface area contributed by atoms with Gasteiger partial charge in [0, 0.05) is 19.1 Å². The molecule has 1 aromatic carbocycles. The molecule has 33 heavy (non-hydrogen) atoms. The average molecular weight is 468 g/mol. The standard InChI is InChI=1S/C24H33N7OS/c1-29-22(16-30-21-15-9-8-14-20(21)25-28-30)26-27-24(29)33-17-23(32)31(18-10-4-2-5-11-18)19-12-6-3-7-13-19/h8-9,14-15,18-19H,2-7,10-13,16-17H2,1H3. The smallest absolute Gasteiger partial charge is 0.233 e. The molecule has 2 aliphatic rings. The normalized spacial score (nSPS) is 18.1. The molecule has 0 bridgehead atoms. The van der Waals surface area contributed by atoms with E-state index < -0.39 is 0 Å². The predicted molar refractivity (Wildman–Crippen MR) is 129 cm³/mol. The first kappa shape index (κ1) is 22.4. The van der Waals surface area contributed by atoms with Crippen LogP contribution in [0.4, 0.5) is 0 Å². The lowest BCUT2D eigenvalue weighted by atomic mass is 9.88. The van der Waals surface area contributed by atoms with Crippen molar-refractivity contribution < 1.29 is 4.79 Å². The highest BCUT2D eigenvalue weighted by molar-refractivity contribution is 7.99. The first-order valence-electron chi connectivity index (χ1n) is 12.3. The van der Waals surface area contributed by atoms with E-state index in [9.17, 15) is 4.79 Å². The van der Waals surface area contributed by atoms with Gasteiger partial charge in [-0.1, -0.05) is 67.6 Å². The maximum Gasteiger partial charge on any atom is 0.233 e. The molecule has 3 aromatic rings. The third-order valence-electron chi connectivity index (χ3n) is 7.19. The number of rotatable bonds is 7. The molecular formula is C24H33N7OS. The van der Waals surface area contributed by atoms with Crippen LogP contribution in [0, 0.1) is 0 Å². The number of aromatic nitrogens is 6. The Kier molecular flexibility index (Phi) is 6.94. The number of hydrogen-bond donors (Lipinski definition) is 0. The molecule has 2 fully saturated rings. The van der Waals surface area contributed by atoms with Crippen LogP contribution < -0.4 is 0 Å². The Morgan fingerprint density at radius 1 is 0.970 bits per heavy atom. The molecule has 0 N–H and O–H groups in total. The van der Waals surface area contributed by atoms with Crippen molar-refractivity contribution in [3.63, 3.8) is 0 Å².